The standard InChI is InChI=1S/C15H22N4OS/c1-3-4-6-13-7-9-14(10-8-13)19-15(16-17-18-19)21-12-5-11-20-2/h7-10H,3-6,11-12H2,1-2H3. The van der Waals surface area contributed by atoms with Crippen molar-refractivity contribution in [3.05, 3.63) is 29.8 Å². The zero-order chi connectivity index (χ0) is 14.9. The second-order valence-electron chi connectivity index (χ2n) is 4.84. The van der Waals surface area contributed by atoms with Crippen LogP contribution in [-0.2, 0) is 11.2 Å². The number of tetrazole rings is 1. The molecule has 6 heteroatoms. The quantitative estimate of drug-likeness (QED) is 0.526. The third kappa shape index (κ3) is 4.82. The van der Waals surface area contributed by atoms with Gasteiger partial charge in [0.05, 0.1) is 5.69 Å². The van der Waals surface area contributed by atoms with Crippen molar-refractivity contribution in [2.75, 3.05) is 19.5 Å². The highest BCUT2D eigenvalue weighted by Gasteiger charge is 2.08. The number of nitrogens with zero attached hydrogens (tertiary/aromatic N) is 4. The molecule has 0 aliphatic carbocycles. The van der Waals surface area contributed by atoms with Gasteiger partial charge in [-0.25, -0.2) is 0 Å². The van der Waals surface area contributed by atoms with Crippen molar-refractivity contribution in [2.45, 2.75) is 37.8 Å². The van der Waals surface area contributed by atoms with Crippen molar-refractivity contribution in [1.29, 1.82) is 0 Å². The highest BCUT2D eigenvalue weighted by Crippen LogP contribution is 2.19. The average Bonchev–Trinajstić information content (AvgIpc) is 2.98. The Balaban J connectivity index is 1.99. The van der Waals surface area contributed by atoms with Crippen LogP contribution in [0.5, 0.6) is 0 Å². The van der Waals surface area contributed by atoms with Gasteiger partial charge in [0.2, 0.25) is 5.16 Å². The van der Waals surface area contributed by atoms with Gasteiger partial charge in [0, 0.05) is 19.5 Å². The fourth-order valence-corrected chi connectivity index (χ4v) is 2.79. The molecule has 1 aromatic carbocycles. The zero-order valence-corrected chi connectivity index (χ0v) is 13.5. The van der Waals surface area contributed by atoms with E-state index in [0.717, 1.165) is 36.0 Å². The fourth-order valence-electron chi connectivity index (χ4n) is 1.98. The summed E-state index contributed by atoms with van der Waals surface area (Å²) in [6, 6.07) is 8.49. The predicted molar refractivity (Wildman–Crippen MR) is 85.0 cm³/mol. The molecule has 0 saturated heterocycles. The molecule has 0 fully saturated rings. The lowest BCUT2D eigenvalue weighted by Crippen LogP contribution is -2.00. The molecule has 0 unspecified atom stereocenters. The van der Waals surface area contributed by atoms with Crippen LogP contribution >= 0.6 is 11.8 Å². The molecule has 0 aliphatic heterocycles. The highest BCUT2D eigenvalue weighted by molar-refractivity contribution is 7.99. The van der Waals surface area contributed by atoms with Gasteiger partial charge in [0.1, 0.15) is 0 Å². The number of thioether (sulfide) groups is 1. The van der Waals surface area contributed by atoms with E-state index >= 15 is 0 Å². The molecule has 21 heavy (non-hydrogen) atoms. The maximum Gasteiger partial charge on any atom is 0.214 e. The minimum Gasteiger partial charge on any atom is -0.385 e. The van der Waals surface area contributed by atoms with E-state index < -0.39 is 0 Å². The fraction of sp³-hybridized carbons (Fsp3) is 0.533. The summed E-state index contributed by atoms with van der Waals surface area (Å²) in [6.45, 7) is 2.98. The zero-order valence-electron chi connectivity index (χ0n) is 12.7. The predicted octanol–water partition coefficient (Wildman–Crippen LogP) is 3.13. The van der Waals surface area contributed by atoms with E-state index in [1.165, 1.54) is 18.4 Å². The second-order valence-corrected chi connectivity index (χ2v) is 5.90. The van der Waals surface area contributed by atoms with Crippen LogP contribution < -0.4 is 0 Å². The lowest BCUT2D eigenvalue weighted by molar-refractivity contribution is 0.200. The van der Waals surface area contributed by atoms with Crippen molar-refractivity contribution in [3.8, 4) is 5.69 Å². The Hall–Kier alpha value is -1.40. The van der Waals surface area contributed by atoms with E-state index in [4.69, 9.17) is 4.74 Å². The van der Waals surface area contributed by atoms with Crippen LogP contribution in [0.15, 0.2) is 29.4 Å². The maximum absolute atomic E-state index is 5.05. The monoisotopic (exact) mass is 306 g/mol. The van der Waals surface area contributed by atoms with Crippen molar-refractivity contribution in [3.63, 3.8) is 0 Å². The largest absolute Gasteiger partial charge is 0.385 e. The Bertz CT molecular complexity index is 527. The SMILES string of the molecule is CCCCc1ccc(-n2nnnc2SCCCOC)cc1. The third-order valence-corrected chi connectivity index (χ3v) is 4.17. The minimum atomic E-state index is 0.765. The number of methoxy groups -OCH3 is 1. The molecule has 1 heterocycles. The summed E-state index contributed by atoms with van der Waals surface area (Å²) >= 11 is 1.65. The van der Waals surface area contributed by atoms with Crippen LogP contribution in [0.4, 0.5) is 0 Å². The Morgan fingerprint density at radius 1 is 1.19 bits per heavy atom. The molecule has 0 spiro atoms. The number of rotatable bonds is 9. The van der Waals surface area contributed by atoms with E-state index in [0.29, 0.717) is 0 Å². The number of aromatic nitrogens is 4. The topological polar surface area (TPSA) is 52.8 Å². The molecular formula is C15H22N4OS. The number of ether oxygens (including phenoxy) is 1. The van der Waals surface area contributed by atoms with Crippen LogP contribution in [0.25, 0.3) is 5.69 Å². The summed E-state index contributed by atoms with van der Waals surface area (Å²) in [6.07, 6.45) is 4.57. The summed E-state index contributed by atoms with van der Waals surface area (Å²) in [4.78, 5) is 0. The van der Waals surface area contributed by atoms with E-state index in [2.05, 4.69) is 46.7 Å². The molecule has 114 valence electrons. The summed E-state index contributed by atoms with van der Waals surface area (Å²) in [5.41, 5.74) is 2.37. The normalized spacial score (nSPS) is 11.0. The van der Waals surface area contributed by atoms with Gasteiger partial charge >= 0.3 is 0 Å². The molecule has 2 rings (SSSR count). The van der Waals surface area contributed by atoms with Crippen LogP contribution in [0, 0.1) is 0 Å². The highest BCUT2D eigenvalue weighted by atomic mass is 32.2. The Kier molecular flexibility index (Phi) is 6.69. The van der Waals surface area contributed by atoms with Gasteiger partial charge in [-0.3, -0.25) is 0 Å². The lowest BCUT2D eigenvalue weighted by Gasteiger charge is -2.05. The number of benzene rings is 1. The van der Waals surface area contributed by atoms with Gasteiger partial charge in [-0.05, 0) is 47.4 Å². The molecule has 0 atom stereocenters. The molecule has 0 N–H and O–H groups in total. The van der Waals surface area contributed by atoms with Gasteiger partial charge in [-0.1, -0.05) is 37.2 Å². The van der Waals surface area contributed by atoms with Crippen LogP contribution in [0.1, 0.15) is 31.7 Å². The summed E-state index contributed by atoms with van der Waals surface area (Å²) < 4.78 is 6.84. The molecule has 2 aromatic rings. The van der Waals surface area contributed by atoms with Gasteiger partial charge in [-0.15, -0.1) is 5.10 Å². The van der Waals surface area contributed by atoms with Crippen LogP contribution in [0.3, 0.4) is 0 Å². The first-order valence-corrected chi connectivity index (χ1v) is 8.33. The van der Waals surface area contributed by atoms with Gasteiger partial charge < -0.3 is 4.74 Å². The maximum atomic E-state index is 5.05. The van der Waals surface area contributed by atoms with Gasteiger partial charge in [-0.2, -0.15) is 4.68 Å². The van der Waals surface area contributed by atoms with E-state index in [-0.39, 0.29) is 0 Å². The molecular weight excluding hydrogens is 284 g/mol. The summed E-state index contributed by atoms with van der Waals surface area (Å²) in [5, 5.41) is 12.8. The second kappa shape index (κ2) is 8.79. The molecule has 5 nitrogen and oxygen atoms in total. The molecule has 0 amide bonds. The smallest absolute Gasteiger partial charge is 0.214 e. The van der Waals surface area contributed by atoms with Gasteiger partial charge in [0.15, 0.2) is 0 Å². The molecule has 0 aliphatic rings. The summed E-state index contributed by atoms with van der Waals surface area (Å²) in [5.74, 6) is 0.947. The number of aryl methyl sites for hydroxylation is 1. The Labute approximate surface area is 130 Å². The van der Waals surface area contributed by atoms with E-state index in [1.807, 2.05) is 0 Å². The lowest BCUT2D eigenvalue weighted by atomic mass is 10.1. The minimum absolute atomic E-state index is 0.765. The first kappa shape index (κ1) is 16.0. The Morgan fingerprint density at radius 2 is 2.00 bits per heavy atom. The molecule has 0 bridgehead atoms. The van der Waals surface area contributed by atoms with Crippen molar-refractivity contribution < 1.29 is 4.74 Å². The molecule has 1 aromatic heterocycles. The summed E-state index contributed by atoms with van der Waals surface area (Å²) in [7, 11) is 1.72. The van der Waals surface area contributed by atoms with Crippen molar-refractivity contribution >= 4 is 11.8 Å². The van der Waals surface area contributed by atoms with Crippen molar-refractivity contribution in [1.82, 2.24) is 20.2 Å². The molecule has 0 saturated carbocycles. The third-order valence-electron chi connectivity index (χ3n) is 3.16. The van der Waals surface area contributed by atoms with E-state index in [1.54, 1.807) is 23.6 Å². The van der Waals surface area contributed by atoms with Crippen molar-refractivity contribution in [2.24, 2.45) is 0 Å². The Morgan fingerprint density at radius 3 is 2.71 bits per heavy atom. The number of hydrogen-bond acceptors (Lipinski definition) is 5. The molecule has 0 radical (unpaired) electrons. The number of unbranched alkanes of at least 4 members (excludes halogenated alkanes) is 1. The van der Waals surface area contributed by atoms with Gasteiger partial charge in [0.25, 0.3) is 0 Å². The van der Waals surface area contributed by atoms with Crippen LogP contribution in [0.2, 0.25) is 0 Å². The van der Waals surface area contributed by atoms with E-state index in [9.17, 15) is 0 Å². The number of hydrogen-bond donors (Lipinski definition) is 0. The van der Waals surface area contributed by atoms with Crippen LogP contribution in [-0.4, -0.2) is 39.7 Å². The average molecular weight is 306 g/mol. The first-order valence-electron chi connectivity index (χ1n) is 7.34. The first-order chi connectivity index (χ1) is 10.3.